The van der Waals surface area contributed by atoms with Crippen molar-refractivity contribution < 1.29 is 14.3 Å². The molecule has 0 atom stereocenters. The van der Waals surface area contributed by atoms with Crippen molar-refractivity contribution in [1.29, 1.82) is 0 Å². The van der Waals surface area contributed by atoms with Crippen LogP contribution in [0.1, 0.15) is 0 Å². The summed E-state index contributed by atoms with van der Waals surface area (Å²) >= 11 is 0. The van der Waals surface area contributed by atoms with Crippen LogP contribution in [0.25, 0.3) is 0 Å². The molecular weight excluding hydrogens is 110 g/mol. The molecule has 0 fully saturated rings. The van der Waals surface area contributed by atoms with Crippen LogP contribution in [-0.4, -0.2) is 25.7 Å². The highest BCUT2D eigenvalue weighted by atomic mass is 16.5. The molecular formula is C4H5NO3. The Kier molecular flexibility index (Phi) is 3.39. The van der Waals surface area contributed by atoms with Gasteiger partial charge in [0.25, 0.3) is 12.4 Å². The first-order valence-corrected chi connectivity index (χ1v) is 1.86. The van der Waals surface area contributed by atoms with Crippen LogP contribution in [0, 0.1) is 0 Å². The van der Waals surface area contributed by atoms with E-state index in [2.05, 4.69) is 16.4 Å². The minimum absolute atomic E-state index is 0.184. The van der Waals surface area contributed by atoms with Gasteiger partial charge in [-0.15, -0.1) is 0 Å². The van der Waals surface area contributed by atoms with E-state index in [9.17, 15) is 9.59 Å². The predicted molar refractivity (Wildman–Crippen MR) is 26.6 cm³/mol. The first kappa shape index (κ1) is 6.81. The fourth-order valence-corrected chi connectivity index (χ4v) is 0.151. The van der Waals surface area contributed by atoms with Crippen LogP contribution < -0.4 is 0 Å². The van der Waals surface area contributed by atoms with E-state index in [1.165, 1.54) is 0 Å². The second-order valence-electron chi connectivity index (χ2n) is 0.959. The first-order valence-electron chi connectivity index (χ1n) is 1.86. The molecule has 44 valence electrons. The van der Waals surface area contributed by atoms with E-state index in [4.69, 9.17) is 0 Å². The maximum absolute atomic E-state index is 10.1. The molecule has 0 N–H and O–H groups in total. The predicted octanol–water partition coefficient (Wildman–Crippen LogP) is -0.613. The molecule has 0 aromatic rings. The Labute approximate surface area is 46.2 Å². The lowest BCUT2D eigenvalue weighted by Crippen LogP contribution is -2.02. The molecule has 0 aromatic carbocycles. The summed E-state index contributed by atoms with van der Waals surface area (Å²) in [7, 11) is 0. The molecule has 0 aliphatic rings. The Hall–Kier alpha value is -1.19. The van der Waals surface area contributed by atoms with Crippen LogP contribution in [0.3, 0.4) is 0 Å². The summed E-state index contributed by atoms with van der Waals surface area (Å²) in [6.45, 7) is 2.79. The van der Waals surface area contributed by atoms with E-state index >= 15 is 0 Å². The van der Waals surface area contributed by atoms with Crippen molar-refractivity contribution in [2.45, 2.75) is 0 Å². The Morgan fingerprint density at radius 1 is 1.88 bits per heavy atom. The third-order valence-corrected chi connectivity index (χ3v) is 0.451. The van der Waals surface area contributed by atoms with Crippen LogP contribution in [0.5, 0.6) is 0 Å². The Morgan fingerprint density at radius 3 is 2.88 bits per heavy atom. The average molecular weight is 115 g/mol. The molecule has 1 amide bonds. The van der Waals surface area contributed by atoms with Crippen LogP contribution in [0.2, 0.25) is 0 Å². The van der Waals surface area contributed by atoms with Crippen LogP contribution in [-0.2, 0) is 14.3 Å². The van der Waals surface area contributed by atoms with Crippen LogP contribution >= 0.6 is 0 Å². The zero-order valence-electron chi connectivity index (χ0n) is 4.16. The zero-order valence-corrected chi connectivity index (χ0v) is 4.16. The smallest absolute Gasteiger partial charge is 0.293 e. The number of hydrogen-bond donors (Lipinski definition) is 0. The topological polar surface area (TPSA) is 55.7 Å². The summed E-state index contributed by atoms with van der Waals surface area (Å²) in [6.07, 6.45) is 0. The fourth-order valence-electron chi connectivity index (χ4n) is 0.151. The molecule has 4 nitrogen and oxygen atoms in total. The van der Waals surface area contributed by atoms with E-state index in [0.717, 1.165) is 0 Å². The number of rotatable bonds is 3. The standard InChI is InChI=1S/C4H5NO3/c1-5-4(7)2-8-3-6/h3H,1-2H2. The molecule has 0 rings (SSSR count). The molecule has 0 unspecified atom stereocenters. The van der Waals surface area contributed by atoms with Gasteiger partial charge >= 0.3 is 0 Å². The van der Waals surface area contributed by atoms with Gasteiger partial charge in [-0.25, -0.2) is 4.99 Å². The summed E-state index contributed by atoms with van der Waals surface area (Å²) in [5.74, 6) is -0.544. The van der Waals surface area contributed by atoms with Gasteiger partial charge in [-0.1, -0.05) is 0 Å². The summed E-state index contributed by atoms with van der Waals surface area (Å²) in [5.41, 5.74) is 0. The molecule has 0 bridgehead atoms. The normalized spacial score (nSPS) is 7.50. The van der Waals surface area contributed by atoms with Gasteiger partial charge in [-0.2, -0.15) is 0 Å². The lowest BCUT2D eigenvalue weighted by molar-refractivity contribution is -0.135. The number of ether oxygens (including phenoxy) is 1. The number of nitrogens with zero attached hydrogens (tertiary/aromatic N) is 1. The largest absolute Gasteiger partial charge is 0.458 e. The van der Waals surface area contributed by atoms with Gasteiger partial charge in [0.15, 0.2) is 6.61 Å². The van der Waals surface area contributed by atoms with Gasteiger partial charge in [-0.05, 0) is 6.72 Å². The minimum atomic E-state index is -0.544. The van der Waals surface area contributed by atoms with Crippen molar-refractivity contribution in [2.75, 3.05) is 6.61 Å². The van der Waals surface area contributed by atoms with Crippen molar-refractivity contribution in [3.8, 4) is 0 Å². The molecule has 0 aliphatic carbocycles. The number of carbonyl (C=O) groups excluding carboxylic acids is 2. The van der Waals surface area contributed by atoms with E-state index in [1.807, 2.05) is 0 Å². The maximum Gasteiger partial charge on any atom is 0.293 e. The van der Waals surface area contributed by atoms with E-state index < -0.39 is 5.91 Å². The highest BCUT2D eigenvalue weighted by Gasteiger charge is 1.92. The third-order valence-electron chi connectivity index (χ3n) is 0.451. The monoisotopic (exact) mass is 115 g/mol. The van der Waals surface area contributed by atoms with Crippen LogP contribution in [0.15, 0.2) is 4.99 Å². The molecule has 0 aromatic heterocycles. The van der Waals surface area contributed by atoms with Gasteiger partial charge in [-0.3, -0.25) is 9.59 Å². The Bertz CT molecular complexity index is 110. The molecule has 8 heavy (non-hydrogen) atoms. The Morgan fingerprint density at radius 2 is 2.50 bits per heavy atom. The molecule has 0 aliphatic heterocycles. The average Bonchev–Trinajstić information content (AvgIpc) is 1.83. The molecule has 0 heterocycles. The first-order chi connectivity index (χ1) is 3.81. The third kappa shape index (κ3) is 3.02. The molecule has 0 radical (unpaired) electrons. The van der Waals surface area contributed by atoms with Crippen LogP contribution in [0.4, 0.5) is 0 Å². The number of aliphatic imine (C=N–C) groups is 1. The molecule has 0 spiro atoms. The summed E-state index contributed by atoms with van der Waals surface area (Å²) in [4.78, 5) is 22.4. The summed E-state index contributed by atoms with van der Waals surface area (Å²) < 4.78 is 4.02. The number of carbonyl (C=O) groups is 2. The van der Waals surface area contributed by atoms with Crippen molar-refractivity contribution in [1.82, 2.24) is 0 Å². The molecule has 0 saturated heterocycles. The van der Waals surface area contributed by atoms with Gasteiger partial charge in [0.2, 0.25) is 0 Å². The van der Waals surface area contributed by atoms with Gasteiger partial charge < -0.3 is 4.74 Å². The SMILES string of the molecule is C=NC(=O)COC=O. The van der Waals surface area contributed by atoms with Gasteiger partial charge in [0.1, 0.15) is 0 Å². The van der Waals surface area contributed by atoms with Crippen molar-refractivity contribution in [2.24, 2.45) is 4.99 Å². The number of amides is 1. The van der Waals surface area contributed by atoms with Gasteiger partial charge in [0.05, 0.1) is 0 Å². The molecule has 0 saturated carbocycles. The van der Waals surface area contributed by atoms with E-state index in [1.54, 1.807) is 0 Å². The second kappa shape index (κ2) is 3.98. The van der Waals surface area contributed by atoms with Gasteiger partial charge in [0, 0.05) is 0 Å². The lowest BCUT2D eigenvalue weighted by atomic mass is 10.7. The maximum atomic E-state index is 10.1. The van der Waals surface area contributed by atoms with E-state index in [-0.39, 0.29) is 13.1 Å². The minimum Gasteiger partial charge on any atom is -0.458 e. The number of hydrogen-bond acceptors (Lipinski definition) is 3. The van der Waals surface area contributed by atoms with Crippen molar-refractivity contribution in [3.05, 3.63) is 0 Å². The second-order valence-corrected chi connectivity index (χ2v) is 0.959. The highest BCUT2D eigenvalue weighted by Crippen LogP contribution is 1.71. The summed E-state index contributed by atoms with van der Waals surface area (Å²) in [5, 5.41) is 0. The Balaban J connectivity index is 3.24. The fraction of sp³-hybridized carbons (Fsp3) is 0.250. The summed E-state index contributed by atoms with van der Waals surface area (Å²) in [6, 6.07) is 0. The zero-order chi connectivity index (χ0) is 6.41. The quantitative estimate of drug-likeness (QED) is 0.364. The molecule has 4 heteroatoms. The van der Waals surface area contributed by atoms with Crippen molar-refractivity contribution in [3.63, 3.8) is 0 Å². The van der Waals surface area contributed by atoms with E-state index in [0.29, 0.717) is 0 Å². The lowest BCUT2D eigenvalue weighted by Gasteiger charge is -1.87. The highest BCUT2D eigenvalue weighted by molar-refractivity contribution is 5.82. The van der Waals surface area contributed by atoms with Crippen molar-refractivity contribution >= 4 is 19.1 Å².